The Hall–Kier alpha value is -2.61. The second-order valence-electron chi connectivity index (χ2n) is 9.19. The van der Waals surface area contributed by atoms with E-state index in [1.54, 1.807) is 18.4 Å². The van der Waals surface area contributed by atoms with E-state index in [-0.39, 0.29) is 5.91 Å². The zero-order chi connectivity index (χ0) is 21.4. The van der Waals surface area contributed by atoms with Crippen LogP contribution in [-0.2, 0) is 13.0 Å². The summed E-state index contributed by atoms with van der Waals surface area (Å²) in [7, 11) is 2.16. The van der Waals surface area contributed by atoms with Gasteiger partial charge in [0.25, 0.3) is 5.91 Å². The lowest BCUT2D eigenvalue weighted by molar-refractivity contribution is 0.0701. The second kappa shape index (κ2) is 8.49. The van der Waals surface area contributed by atoms with Gasteiger partial charge < -0.3 is 24.0 Å². The highest BCUT2D eigenvalue weighted by Gasteiger charge is 2.31. The Morgan fingerprint density at radius 3 is 2.52 bits per heavy atom. The quantitative estimate of drug-likeness (QED) is 0.749. The Morgan fingerprint density at radius 1 is 1.03 bits per heavy atom. The predicted molar refractivity (Wildman–Crippen MR) is 120 cm³/mol. The number of hydrogen-bond acceptors (Lipinski definition) is 7. The van der Waals surface area contributed by atoms with E-state index in [2.05, 4.69) is 28.7 Å². The van der Waals surface area contributed by atoms with E-state index >= 15 is 0 Å². The van der Waals surface area contributed by atoms with Gasteiger partial charge in [-0.2, -0.15) is 4.98 Å². The average Bonchev–Trinajstić information content (AvgIpc) is 3.34. The van der Waals surface area contributed by atoms with Gasteiger partial charge in [-0.3, -0.25) is 4.79 Å². The first kappa shape index (κ1) is 20.3. The minimum atomic E-state index is -0.0610. The van der Waals surface area contributed by atoms with Crippen molar-refractivity contribution in [3.05, 3.63) is 35.4 Å². The fraction of sp³-hybridized carbons (Fsp3) is 0.609. The number of carbonyl (C=O) groups excluding carboxylic acids is 1. The molecule has 1 amide bonds. The van der Waals surface area contributed by atoms with Crippen LogP contribution in [0.25, 0.3) is 0 Å². The molecule has 0 bridgehead atoms. The number of piperidine rings is 1. The maximum atomic E-state index is 12.9. The van der Waals surface area contributed by atoms with Gasteiger partial charge in [-0.05, 0) is 37.9 Å². The van der Waals surface area contributed by atoms with Crippen LogP contribution in [0, 0.1) is 5.92 Å². The van der Waals surface area contributed by atoms with Crippen molar-refractivity contribution in [2.24, 2.45) is 5.92 Å². The average molecular weight is 425 g/mol. The van der Waals surface area contributed by atoms with Crippen molar-refractivity contribution in [1.82, 2.24) is 19.8 Å². The largest absolute Gasteiger partial charge is 0.459 e. The number of furan rings is 1. The summed E-state index contributed by atoms with van der Waals surface area (Å²) in [5.74, 6) is 2.99. The molecular weight excluding hydrogens is 392 g/mol. The summed E-state index contributed by atoms with van der Waals surface area (Å²) < 4.78 is 5.36. The third kappa shape index (κ3) is 4.13. The van der Waals surface area contributed by atoms with Crippen molar-refractivity contribution in [1.29, 1.82) is 0 Å². The minimum absolute atomic E-state index is 0.0610. The third-order valence-electron chi connectivity index (χ3n) is 6.92. The maximum absolute atomic E-state index is 12.9. The van der Waals surface area contributed by atoms with Crippen LogP contribution in [0.4, 0.5) is 11.8 Å². The highest BCUT2D eigenvalue weighted by Crippen LogP contribution is 2.31. The van der Waals surface area contributed by atoms with E-state index < -0.39 is 0 Å². The molecule has 3 aliphatic rings. The standard InChI is InChI=1S/C23H32N6O2/c1-17-5-8-28(9-6-17)23-24-19-7-10-29(22(30)20-4-3-15-31-20)16-18(19)21(25-23)27-13-11-26(2)12-14-27/h3-4,15,17H,5-14,16H2,1-2H3. The highest BCUT2D eigenvalue weighted by atomic mass is 16.3. The molecule has 3 aliphatic heterocycles. The van der Waals surface area contributed by atoms with E-state index in [1.165, 1.54) is 12.8 Å². The lowest BCUT2D eigenvalue weighted by atomic mass is 9.99. The van der Waals surface area contributed by atoms with E-state index in [9.17, 15) is 4.79 Å². The molecule has 8 heteroatoms. The van der Waals surface area contributed by atoms with Gasteiger partial charge in [0.1, 0.15) is 5.82 Å². The summed E-state index contributed by atoms with van der Waals surface area (Å²) in [4.78, 5) is 32.0. The molecule has 2 aromatic heterocycles. The topological polar surface area (TPSA) is 69.0 Å². The number of piperazine rings is 1. The van der Waals surface area contributed by atoms with E-state index in [0.29, 0.717) is 18.8 Å². The molecule has 0 saturated carbocycles. The van der Waals surface area contributed by atoms with E-state index in [1.807, 2.05) is 4.90 Å². The molecule has 5 rings (SSSR count). The van der Waals surface area contributed by atoms with Crippen molar-refractivity contribution in [2.45, 2.75) is 32.7 Å². The zero-order valence-corrected chi connectivity index (χ0v) is 18.6. The van der Waals surface area contributed by atoms with Gasteiger partial charge in [0.2, 0.25) is 5.95 Å². The smallest absolute Gasteiger partial charge is 0.289 e. The monoisotopic (exact) mass is 424 g/mol. The first-order valence-corrected chi connectivity index (χ1v) is 11.5. The van der Waals surface area contributed by atoms with Crippen LogP contribution in [0.5, 0.6) is 0 Å². The summed E-state index contributed by atoms with van der Waals surface area (Å²) in [6, 6.07) is 3.49. The summed E-state index contributed by atoms with van der Waals surface area (Å²) in [6.07, 6.45) is 4.68. The van der Waals surface area contributed by atoms with E-state index in [4.69, 9.17) is 14.4 Å². The van der Waals surface area contributed by atoms with Crippen molar-refractivity contribution < 1.29 is 9.21 Å². The first-order valence-electron chi connectivity index (χ1n) is 11.5. The molecule has 0 aromatic carbocycles. The maximum Gasteiger partial charge on any atom is 0.289 e. The fourth-order valence-electron chi connectivity index (χ4n) is 4.74. The van der Waals surface area contributed by atoms with Crippen LogP contribution in [0.3, 0.4) is 0 Å². The molecule has 0 atom stereocenters. The molecule has 31 heavy (non-hydrogen) atoms. The van der Waals surface area contributed by atoms with Crippen LogP contribution >= 0.6 is 0 Å². The Labute approximate surface area is 183 Å². The number of fused-ring (bicyclic) bond motifs is 1. The lowest BCUT2D eigenvalue weighted by Crippen LogP contribution is -2.46. The molecule has 2 aromatic rings. The van der Waals surface area contributed by atoms with Crippen molar-refractivity contribution in [2.75, 3.05) is 62.7 Å². The highest BCUT2D eigenvalue weighted by molar-refractivity contribution is 5.91. The van der Waals surface area contributed by atoms with Crippen molar-refractivity contribution in [3.8, 4) is 0 Å². The molecular formula is C23H32N6O2. The number of aromatic nitrogens is 2. The molecule has 0 unspecified atom stereocenters. The molecule has 5 heterocycles. The number of nitrogens with zero attached hydrogens (tertiary/aromatic N) is 6. The predicted octanol–water partition coefficient (Wildman–Crippen LogP) is 2.26. The number of rotatable bonds is 3. The van der Waals surface area contributed by atoms with Gasteiger partial charge in [-0.25, -0.2) is 4.98 Å². The normalized spacial score (nSPS) is 20.8. The first-order chi connectivity index (χ1) is 15.1. The number of hydrogen-bond donors (Lipinski definition) is 0. The summed E-state index contributed by atoms with van der Waals surface area (Å²) in [6.45, 7) is 9.48. The van der Waals surface area contributed by atoms with Crippen LogP contribution in [0.15, 0.2) is 22.8 Å². The third-order valence-corrected chi connectivity index (χ3v) is 6.92. The van der Waals surface area contributed by atoms with Gasteiger partial charge in [0, 0.05) is 57.8 Å². The Kier molecular flexibility index (Phi) is 5.56. The Morgan fingerprint density at radius 2 is 1.81 bits per heavy atom. The fourth-order valence-corrected chi connectivity index (χ4v) is 4.74. The molecule has 2 saturated heterocycles. The molecule has 8 nitrogen and oxygen atoms in total. The number of amides is 1. The lowest BCUT2D eigenvalue weighted by Gasteiger charge is -2.38. The number of likely N-dealkylation sites (N-methyl/N-ethyl adjacent to an activating group) is 1. The van der Waals surface area contributed by atoms with Crippen molar-refractivity contribution >= 4 is 17.7 Å². The summed E-state index contributed by atoms with van der Waals surface area (Å²) in [5, 5.41) is 0. The van der Waals surface area contributed by atoms with Gasteiger partial charge in [-0.15, -0.1) is 0 Å². The van der Waals surface area contributed by atoms with Crippen LogP contribution < -0.4 is 9.80 Å². The van der Waals surface area contributed by atoms with Gasteiger partial charge >= 0.3 is 0 Å². The van der Waals surface area contributed by atoms with Crippen LogP contribution in [0.2, 0.25) is 0 Å². The molecule has 0 spiro atoms. The van der Waals surface area contributed by atoms with Gasteiger partial charge in [-0.1, -0.05) is 6.92 Å². The molecule has 2 fully saturated rings. The summed E-state index contributed by atoms with van der Waals surface area (Å²) in [5.41, 5.74) is 2.20. The molecule has 0 N–H and O–H groups in total. The van der Waals surface area contributed by atoms with Gasteiger partial charge in [0.05, 0.1) is 18.5 Å². The molecule has 166 valence electrons. The Balaban J connectivity index is 1.46. The number of anilines is 2. The van der Waals surface area contributed by atoms with Gasteiger partial charge in [0.15, 0.2) is 5.76 Å². The van der Waals surface area contributed by atoms with Crippen molar-refractivity contribution in [3.63, 3.8) is 0 Å². The van der Waals surface area contributed by atoms with Crippen LogP contribution in [-0.4, -0.2) is 78.5 Å². The molecule has 0 aliphatic carbocycles. The second-order valence-corrected chi connectivity index (χ2v) is 9.19. The number of carbonyl (C=O) groups is 1. The van der Waals surface area contributed by atoms with Crippen LogP contribution in [0.1, 0.15) is 41.6 Å². The SMILES string of the molecule is CC1CCN(c2nc3c(c(N4CCN(C)CC4)n2)CN(C(=O)c2ccco2)CC3)CC1. The zero-order valence-electron chi connectivity index (χ0n) is 18.6. The summed E-state index contributed by atoms with van der Waals surface area (Å²) >= 11 is 0. The molecule has 0 radical (unpaired) electrons. The van der Waals surface area contributed by atoms with E-state index in [0.717, 1.165) is 74.6 Å². The Bertz CT molecular complexity index is 914. The minimum Gasteiger partial charge on any atom is -0.459 e.